The van der Waals surface area contributed by atoms with Crippen molar-refractivity contribution >= 4 is 16.9 Å². The van der Waals surface area contributed by atoms with Crippen LogP contribution in [0.15, 0.2) is 59.5 Å². The van der Waals surface area contributed by atoms with Crippen molar-refractivity contribution in [1.82, 2.24) is 4.98 Å². The molecule has 0 saturated carbocycles. The smallest absolute Gasteiger partial charge is 0.339 e. The lowest BCUT2D eigenvalue weighted by Gasteiger charge is -2.10. The number of H-pyrrole nitrogens is 1. The number of rotatable bonds is 5. The zero-order valence-corrected chi connectivity index (χ0v) is 13.9. The Bertz CT molecular complexity index is 947. The zero-order chi connectivity index (χ0) is 17.8. The largest absolute Gasteiger partial charge is 0.464 e. The van der Waals surface area contributed by atoms with Gasteiger partial charge in [0.2, 0.25) is 0 Å². The third-order valence-corrected chi connectivity index (χ3v) is 4.03. The molecule has 3 rings (SSSR count). The molecule has 0 amide bonds. The molecule has 2 aromatic carbocycles. The first-order chi connectivity index (χ1) is 12.1. The number of aliphatic hydroxyl groups excluding tert-OH is 1. The van der Waals surface area contributed by atoms with E-state index in [0.29, 0.717) is 17.3 Å². The van der Waals surface area contributed by atoms with E-state index in [1.165, 1.54) is 6.20 Å². The van der Waals surface area contributed by atoms with Crippen LogP contribution in [0.5, 0.6) is 0 Å². The molecule has 5 nitrogen and oxygen atoms in total. The Morgan fingerprint density at radius 1 is 1.16 bits per heavy atom. The van der Waals surface area contributed by atoms with E-state index in [0.717, 1.165) is 11.1 Å². The van der Waals surface area contributed by atoms with E-state index in [4.69, 9.17) is 4.74 Å². The molecule has 1 unspecified atom stereocenters. The summed E-state index contributed by atoms with van der Waals surface area (Å²) in [5.41, 5.74) is 2.39. The van der Waals surface area contributed by atoms with E-state index in [1.807, 2.05) is 42.5 Å². The Kier molecular flexibility index (Phi) is 4.95. The first-order valence-corrected chi connectivity index (χ1v) is 8.13. The van der Waals surface area contributed by atoms with E-state index in [2.05, 4.69) is 4.98 Å². The van der Waals surface area contributed by atoms with Crippen LogP contribution in [0.25, 0.3) is 10.9 Å². The molecule has 25 heavy (non-hydrogen) atoms. The third-order valence-electron chi connectivity index (χ3n) is 4.03. The van der Waals surface area contributed by atoms with E-state index >= 15 is 0 Å². The molecule has 0 radical (unpaired) electrons. The monoisotopic (exact) mass is 337 g/mol. The van der Waals surface area contributed by atoms with E-state index in [9.17, 15) is 14.7 Å². The van der Waals surface area contributed by atoms with Crippen molar-refractivity contribution in [2.45, 2.75) is 19.4 Å². The minimum absolute atomic E-state index is 0.0113. The second-order valence-electron chi connectivity index (χ2n) is 5.77. The third kappa shape index (κ3) is 3.61. The number of nitrogens with one attached hydrogen (secondary N) is 1. The molecular weight excluding hydrogens is 318 g/mol. The minimum atomic E-state index is -1.59. The molecular formula is C20H19NO4. The van der Waals surface area contributed by atoms with Crippen molar-refractivity contribution in [1.29, 1.82) is 0 Å². The maximum atomic E-state index is 12.7. The van der Waals surface area contributed by atoms with Crippen LogP contribution in [0.3, 0.4) is 0 Å². The number of carbonyl (C=O) groups excluding carboxylic acids is 1. The number of hydrogen-bond donors (Lipinski definition) is 2. The van der Waals surface area contributed by atoms with Crippen molar-refractivity contribution in [2.75, 3.05) is 6.61 Å². The highest BCUT2D eigenvalue weighted by molar-refractivity contribution is 5.82. The fourth-order valence-electron chi connectivity index (χ4n) is 2.77. The molecule has 0 saturated heterocycles. The van der Waals surface area contributed by atoms with Crippen LogP contribution in [0.1, 0.15) is 29.7 Å². The van der Waals surface area contributed by atoms with Crippen LogP contribution in [-0.2, 0) is 16.0 Å². The molecule has 128 valence electrons. The number of fused-ring (bicyclic) bond motifs is 1. The highest BCUT2D eigenvalue weighted by Crippen LogP contribution is 2.17. The molecule has 5 heteroatoms. The van der Waals surface area contributed by atoms with Crippen molar-refractivity contribution in [3.8, 4) is 0 Å². The first kappa shape index (κ1) is 16.9. The summed E-state index contributed by atoms with van der Waals surface area (Å²) in [5, 5.41) is 10.5. The van der Waals surface area contributed by atoms with Gasteiger partial charge in [0.25, 0.3) is 0 Å². The van der Waals surface area contributed by atoms with Crippen LogP contribution in [-0.4, -0.2) is 22.7 Å². The molecule has 1 heterocycles. The molecule has 0 fully saturated rings. The van der Waals surface area contributed by atoms with Gasteiger partial charge in [0.1, 0.15) is 0 Å². The summed E-state index contributed by atoms with van der Waals surface area (Å²) in [6.45, 7) is 1.79. The second-order valence-corrected chi connectivity index (χ2v) is 5.77. The summed E-state index contributed by atoms with van der Waals surface area (Å²) < 4.78 is 4.79. The minimum Gasteiger partial charge on any atom is -0.464 e. The lowest BCUT2D eigenvalue weighted by molar-refractivity contribution is -0.153. The predicted octanol–water partition coefficient (Wildman–Crippen LogP) is 2.72. The topological polar surface area (TPSA) is 79.4 Å². The van der Waals surface area contributed by atoms with Gasteiger partial charge in [0.05, 0.1) is 12.2 Å². The van der Waals surface area contributed by atoms with E-state index in [1.54, 1.807) is 13.0 Å². The van der Waals surface area contributed by atoms with Gasteiger partial charge in [-0.2, -0.15) is 0 Å². The Labute approximate surface area is 144 Å². The highest BCUT2D eigenvalue weighted by atomic mass is 16.5. The van der Waals surface area contributed by atoms with Gasteiger partial charge in [0, 0.05) is 17.1 Å². The van der Waals surface area contributed by atoms with Gasteiger partial charge >= 0.3 is 5.97 Å². The fraction of sp³-hybridized carbons (Fsp3) is 0.200. The van der Waals surface area contributed by atoms with Crippen LogP contribution < -0.4 is 5.43 Å². The fourth-order valence-corrected chi connectivity index (χ4v) is 2.77. The lowest BCUT2D eigenvalue weighted by atomic mass is 10.0. The van der Waals surface area contributed by atoms with Crippen molar-refractivity contribution in [3.05, 3.63) is 81.6 Å². The quantitative estimate of drug-likeness (QED) is 0.702. The average molecular weight is 337 g/mol. The summed E-state index contributed by atoms with van der Waals surface area (Å²) in [4.78, 5) is 27.4. The number of aromatic amines is 1. The summed E-state index contributed by atoms with van der Waals surface area (Å²) in [6.07, 6.45) is 0.468. The number of pyridine rings is 1. The standard InChI is InChI=1S/C20H19NO4/c1-2-25-20(24)19(23)16-12-21-17-9-8-14(11-15(17)18(16)22)10-13-6-4-3-5-7-13/h3-9,11-12,19,23H,2,10H2,1H3,(H,21,22). The van der Waals surface area contributed by atoms with Crippen LogP contribution in [0.2, 0.25) is 0 Å². The predicted molar refractivity (Wildman–Crippen MR) is 95.4 cm³/mol. The SMILES string of the molecule is CCOC(=O)C(O)c1c[nH]c2ccc(Cc3ccccc3)cc2c1=O. The Balaban J connectivity index is 1.99. The second kappa shape index (κ2) is 7.32. The van der Waals surface area contributed by atoms with Gasteiger partial charge in [-0.3, -0.25) is 4.79 Å². The van der Waals surface area contributed by atoms with Crippen LogP contribution in [0.4, 0.5) is 0 Å². The van der Waals surface area contributed by atoms with E-state index in [-0.39, 0.29) is 17.6 Å². The molecule has 1 atom stereocenters. The van der Waals surface area contributed by atoms with Gasteiger partial charge in [-0.1, -0.05) is 36.4 Å². The number of aliphatic hydroxyl groups is 1. The molecule has 0 spiro atoms. The first-order valence-electron chi connectivity index (χ1n) is 8.13. The molecule has 2 N–H and O–H groups in total. The number of ether oxygens (including phenoxy) is 1. The van der Waals surface area contributed by atoms with Gasteiger partial charge in [0.15, 0.2) is 11.5 Å². The molecule has 1 aromatic heterocycles. The maximum Gasteiger partial charge on any atom is 0.339 e. The van der Waals surface area contributed by atoms with Crippen LogP contribution in [0, 0.1) is 0 Å². The molecule has 0 bridgehead atoms. The summed E-state index contributed by atoms with van der Waals surface area (Å²) >= 11 is 0. The lowest BCUT2D eigenvalue weighted by Crippen LogP contribution is -2.22. The molecule has 0 aliphatic rings. The summed E-state index contributed by atoms with van der Waals surface area (Å²) in [7, 11) is 0. The summed E-state index contributed by atoms with van der Waals surface area (Å²) in [5.74, 6) is -0.826. The van der Waals surface area contributed by atoms with Gasteiger partial charge in [-0.25, -0.2) is 4.79 Å². The van der Waals surface area contributed by atoms with Crippen LogP contribution >= 0.6 is 0 Å². The highest BCUT2D eigenvalue weighted by Gasteiger charge is 2.22. The van der Waals surface area contributed by atoms with Gasteiger partial charge in [-0.15, -0.1) is 0 Å². The Hall–Kier alpha value is -2.92. The number of esters is 1. The van der Waals surface area contributed by atoms with Gasteiger partial charge < -0.3 is 14.8 Å². The number of hydrogen-bond acceptors (Lipinski definition) is 4. The average Bonchev–Trinajstić information content (AvgIpc) is 2.63. The normalized spacial score (nSPS) is 12.1. The number of carbonyl (C=O) groups is 1. The van der Waals surface area contributed by atoms with Crippen molar-refractivity contribution < 1.29 is 14.6 Å². The zero-order valence-electron chi connectivity index (χ0n) is 13.9. The summed E-state index contributed by atoms with van der Waals surface area (Å²) in [6, 6.07) is 15.5. The Morgan fingerprint density at radius 2 is 1.92 bits per heavy atom. The van der Waals surface area contributed by atoms with Crippen molar-refractivity contribution in [2.24, 2.45) is 0 Å². The Morgan fingerprint density at radius 3 is 2.64 bits per heavy atom. The molecule has 0 aliphatic heterocycles. The van der Waals surface area contributed by atoms with E-state index < -0.39 is 12.1 Å². The number of aromatic nitrogens is 1. The molecule has 3 aromatic rings. The molecule has 0 aliphatic carbocycles. The maximum absolute atomic E-state index is 12.7. The van der Waals surface area contributed by atoms with Crippen molar-refractivity contribution in [3.63, 3.8) is 0 Å². The van der Waals surface area contributed by atoms with Gasteiger partial charge in [-0.05, 0) is 36.6 Å². The number of benzene rings is 2.